The quantitative estimate of drug-likeness (QED) is 0.915. The van der Waals surface area contributed by atoms with Gasteiger partial charge in [-0.2, -0.15) is 18.2 Å². The van der Waals surface area contributed by atoms with Gasteiger partial charge in [-0.1, -0.05) is 35.5 Å². The molecule has 0 aliphatic heterocycles. The molecule has 1 fully saturated rings. The fraction of sp³-hybridized carbons (Fsp3) is 0.467. The van der Waals surface area contributed by atoms with Crippen LogP contribution in [0.25, 0.3) is 0 Å². The van der Waals surface area contributed by atoms with Gasteiger partial charge in [0.25, 0.3) is 0 Å². The lowest BCUT2D eigenvalue weighted by Crippen LogP contribution is -2.44. The molecule has 126 valence electrons. The molecule has 2 N–H and O–H groups in total. The first kappa shape index (κ1) is 17.7. The summed E-state index contributed by atoms with van der Waals surface area (Å²) in [4.78, 5) is 4.08. The van der Waals surface area contributed by atoms with Crippen LogP contribution in [0.15, 0.2) is 34.9 Å². The maximum Gasteiger partial charge on any atom is 0.396 e. The Morgan fingerprint density at radius 3 is 2.39 bits per heavy atom. The van der Waals surface area contributed by atoms with Crippen molar-refractivity contribution in [3.8, 4) is 0 Å². The lowest BCUT2D eigenvalue weighted by atomic mass is 9.77. The number of hydrogen-bond acceptors (Lipinski definition) is 4. The van der Waals surface area contributed by atoms with Crippen molar-refractivity contribution in [2.45, 2.75) is 43.3 Å². The van der Waals surface area contributed by atoms with Crippen molar-refractivity contribution < 1.29 is 17.7 Å². The van der Waals surface area contributed by atoms with Gasteiger partial charge in [0.2, 0.25) is 5.89 Å². The van der Waals surface area contributed by atoms with Crippen molar-refractivity contribution in [3.05, 3.63) is 47.6 Å². The molecule has 8 heteroatoms. The molecule has 4 nitrogen and oxygen atoms in total. The molecular formula is C15H17ClF3N3O. The highest BCUT2D eigenvalue weighted by Gasteiger charge is 2.43. The lowest BCUT2D eigenvalue weighted by Gasteiger charge is -2.34. The minimum atomic E-state index is -4.38. The van der Waals surface area contributed by atoms with Gasteiger partial charge in [-0.15, -0.1) is 12.4 Å². The SMILES string of the molecule is Cl.NC1(c2noc(CC(c3ccccc3)C(F)(F)F)n2)CCC1. The monoisotopic (exact) mass is 347 g/mol. The van der Waals surface area contributed by atoms with Crippen LogP contribution in [0.4, 0.5) is 13.2 Å². The summed E-state index contributed by atoms with van der Waals surface area (Å²) in [7, 11) is 0. The van der Waals surface area contributed by atoms with E-state index >= 15 is 0 Å². The number of halogens is 4. The molecule has 0 spiro atoms. The van der Waals surface area contributed by atoms with Gasteiger partial charge < -0.3 is 10.3 Å². The number of rotatable bonds is 4. The molecule has 1 aliphatic rings. The van der Waals surface area contributed by atoms with E-state index in [4.69, 9.17) is 10.3 Å². The predicted octanol–water partition coefficient (Wildman–Crippen LogP) is 3.72. The van der Waals surface area contributed by atoms with Gasteiger partial charge in [-0.25, -0.2) is 0 Å². The molecular weight excluding hydrogens is 331 g/mol. The molecule has 23 heavy (non-hydrogen) atoms. The third-order valence-corrected chi connectivity index (χ3v) is 4.14. The molecule has 1 saturated carbocycles. The van der Waals surface area contributed by atoms with Crippen LogP contribution in [0.2, 0.25) is 0 Å². The molecule has 3 rings (SSSR count). The molecule has 1 heterocycles. The van der Waals surface area contributed by atoms with E-state index in [9.17, 15) is 13.2 Å². The van der Waals surface area contributed by atoms with Gasteiger partial charge in [0.05, 0.1) is 11.5 Å². The molecule has 1 atom stereocenters. The summed E-state index contributed by atoms with van der Waals surface area (Å²) in [5.41, 5.74) is 5.60. The van der Waals surface area contributed by atoms with E-state index in [1.807, 2.05) is 0 Å². The van der Waals surface area contributed by atoms with E-state index < -0.39 is 17.6 Å². The first-order chi connectivity index (χ1) is 10.4. The second-order valence-corrected chi connectivity index (χ2v) is 5.73. The van der Waals surface area contributed by atoms with Crippen molar-refractivity contribution in [3.63, 3.8) is 0 Å². The van der Waals surface area contributed by atoms with E-state index in [1.54, 1.807) is 18.2 Å². The normalized spacial score (nSPS) is 17.9. The van der Waals surface area contributed by atoms with Gasteiger partial charge >= 0.3 is 6.18 Å². The molecule has 1 aliphatic carbocycles. The fourth-order valence-electron chi connectivity index (χ4n) is 2.60. The predicted molar refractivity (Wildman–Crippen MR) is 80.2 cm³/mol. The van der Waals surface area contributed by atoms with Crippen LogP contribution in [0.3, 0.4) is 0 Å². The average molecular weight is 348 g/mol. The number of aromatic nitrogens is 2. The molecule has 0 radical (unpaired) electrons. The first-order valence-corrected chi connectivity index (χ1v) is 7.12. The van der Waals surface area contributed by atoms with Crippen LogP contribution in [0.5, 0.6) is 0 Å². The maximum atomic E-state index is 13.3. The van der Waals surface area contributed by atoms with E-state index in [0.29, 0.717) is 5.82 Å². The molecule has 1 aromatic heterocycles. The molecule has 0 bridgehead atoms. The Morgan fingerprint density at radius 1 is 1.22 bits per heavy atom. The number of benzene rings is 1. The van der Waals surface area contributed by atoms with Crippen molar-refractivity contribution in [1.29, 1.82) is 0 Å². The zero-order valence-corrected chi connectivity index (χ0v) is 13.0. The maximum absolute atomic E-state index is 13.3. The van der Waals surface area contributed by atoms with Crippen molar-refractivity contribution in [2.24, 2.45) is 5.73 Å². The molecule has 0 amide bonds. The summed E-state index contributed by atoms with van der Waals surface area (Å²) in [5.74, 6) is -1.39. The van der Waals surface area contributed by atoms with Gasteiger partial charge in [0.1, 0.15) is 0 Å². The number of alkyl halides is 3. The molecule has 2 aromatic rings. The zero-order valence-electron chi connectivity index (χ0n) is 12.2. The number of hydrogen-bond donors (Lipinski definition) is 1. The highest BCUT2D eigenvalue weighted by molar-refractivity contribution is 5.85. The van der Waals surface area contributed by atoms with E-state index in [2.05, 4.69) is 10.1 Å². The van der Waals surface area contributed by atoms with Crippen molar-refractivity contribution in [2.75, 3.05) is 0 Å². The Balaban J connectivity index is 0.00000192. The summed E-state index contributed by atoms with van der Waals surface area (Å²) in [6.45, 7) is 0. The lowest BCUT2D eigenvalue weighted by molar-refractivity contribution is -0.151. The molecule has 1 aromatic carbocycles. The molecule has 0 saturated heterocycles. The standard InChI is InChI=1S/C15H16F3N3O.ClH/c16-15(17,18)11(10-5-2-1-3-6-10)9-12-20-13(21-22-12)14(19)7-4-8-14;/h1-3,5-6,11H,4,7-9,19H2;1H. The van der Waals surface area contributed by atoms with Crippen molar-refractivity contribution in [1.82, 2.24) is 10.1 Å². The van der Waals surface area contributed by atoms with Crippen LogP contribution in [-0.4, -0.2) is 16.3 Å². The van der Waals surface area contributed by atoms with Gasteiger partial charge in [0.15, 0.2) is 5.82 Å². The Hall–Kier alpha value is -1.60. The molecule has 1 unspecified atom stereocenters. The van der Waals surface area contributed by atoms with Crippen molar-refractivity contribution >= 4 is 12.4 Å². The topological polar surface area (TPSA) is 64.9 Å². The minimum absolute atomic E-state index is 0. The summed E-state index contributed by atoms with van der Waals surface area (Å²) in [6, 6.07) is 7.74. The van der Waals surface area contributed by atoms with Gasteiger partial charge in [0, 0.05) is 6.42 Å². The highest BCUT2D eigenvalue weighted by Crippen LogP contribution is 2.39. The summed E-state index contributed by atoms with van der Waals surface area (Å²) in [6.07, 6.45) is -2.33. The Labute approximate surface area is 137 Å². The van der Waals surface area contributed by atoms with E-state index in [0.717, 1.165) is 19.3 Å². The first-order valence-electron chi connectivity index (χ1n) is 7.12. The Bertz CT molecular complexity index is 641. The van der Waals surface area contributed by atoms with Crippen LogP contribution in [-0.2, 0) is 12.0 Å². The summed E-state index contributed by atoms with van der Waals surface area (Å²) in [5, 5.41) is 3.76. The average Bonchev–Trinajstić information content (AvgIpc) is 2.91. The van der Waals surface area contributed by atoms with Crippen LogP contribution in [0.1, 0.15) is 42.5 Å². The second-order valence-electron chi connectivity index (χ2n) is 5.73. The van der Waals surface area contributed by atoms with Crippen LogP contribution >= 0.6 is 12.4 Å². The largest absolute Gasteiger partial charge is 0.396 e. The van der Waals surface area contributed by atoms with E-state index in [1.165, 1.54) is 12.1 Å². The van der Waals surface area contributed by atoms with E-state index in [-0.39, 0.29) is 30.3 Å². The summed E-state index contributed by atoms with van der Waals surface area (Å²) < 4.78 is 44.9. The zero-order chi connectivity index (χ0) is 15.8. The third-order valence-electron chi connectivity index (χ3n) is 4.14. The number of nitrogens with two attached hydrogens (primary N) is 1. The highest BCUT2D eigenvalue weighted by atomic mass is 35.5. The van der Waals surface area contributed by atoms with Gasteiger partial charge in [-0.05, 0) is 24.8 Å². The smallest absolute Gasteiger partial charge is 0.339 e. The third kappa shape index (κ3) is 3.67. The summed E-state index contributed by atoms with van der Waals surface area (Å²) >= 11 is 0. The van der Waals surface area contributed by atoms with Gasteiger partial charge in [-0.3, -0.25) is 0 Å². The number of nitrogens with zero attached hydrogens (tertiary/aromatic N) is 2. The fourth-order valence-corrected chi connectivity index (χ4v) is 2.60. The Morgan fingerprint density at radius 2 is 1.87 bits per heavy atom. The minimum Gasteiger partial charge on any atom is -0.339 e. The van der Waals surface area contributed by atoms with Crippen LogP contribution < -0.4 is 5.73 Å². The van der Waals surface area contributed by atoms with Crippen LogP contribution in [0, 0.1) is 0 Å². The second kappa shape index (κ2) is 6.49. The Kier molecular flexibility index (Phi) is 5.01.